The van der Waals surface area contributed by atoms with Gasteiger partial charge in [-0.15, -0.1) is 0 Å². The maximum Gasteiger partial charge on any atom is 0.289 e. The van der Waals surface area contributed by atoms with Gasteiger partial charge in [0.2, 0.25) is 0 Å². The Hall–Kier alpha value is -2.06. The fourth-order valence-corrected chi connectivity index (χ4v) is 4.53. The highest BCUT2D eigenvalue weighted by Crippen LogP contribution is 2.26. The zero-order valence-electron chi connectivity index (χ0n) is 17.3. The van der Waals surface area contributed by atoms with Crippen LogP contribution in [-0.4, -0.2) is 67.1 Å². The van der Waals surface area contributed by atoms with E-state index in [0.29, 0.717) is 11.5 Å². The molecule has 0 aliphatic carbocycles. The molecule has 8 heteroatoms. The van der Waals surface area contributed by atoms with Gasteiger partial charge in [-0.3, -0.25) is 4.79 Å². The summed E-state index contributed by atoms with van der Waals surface area (Å²) < 4.78 is 5.85. The SMILES string of the molecule is CCc1cc(N2CCCC2)nc(SCc2ccc(C(=O)N3CC[NH+](C)CC3)o2)n1. The molecule has 0 unspecified atom stereocenters. The number of amides is 1. The van der Waals surface area contributed by atoms with Crippen molar-refractivity contribution in [2.24, 2.45) is 0 Å². The summed E-state index contributed by atoms with van der Waals surface area (Å²) in [6.07, 6.45) is 3.35. The molecule has 0 bridgehead atoms. The summed E-state index contributed by atoms with van der Waals surface area (Å²) in [5.74, 6) is 2.86. The third kappa shape index (κ3) is 4.93. The molecule has 29 heavy (non-hydrogen) atoms. The second-order valence-electron chi connectivity index (χ2n) is 7.85. The first-order valence-corrected chi connectivity index (χ1v) is 11.6. The molecule has 2 aromatic heterocycles. The van der Waals surface area contributed by atoms with E-state index in [4.69, 9.17) is 9.40 Å². The maximum atomic E-state index is 12.7. The van der Waals surface area contributed by atoms with E-state index >= 15 is 0 Å². The summed E-state index contributed by atoms with van der Waals surface area (Å²) in [6.45, 7) is 7.80. The van der Waals surface area contributed by atoms with E-state index in [1.165, 1.54) is 17.7 Å². The second kappa shape index (κ2) is 9.17. The fraction of sp³-hybridized carbons (Fsp3) is 0.571. The molecule has 4 rings (SSSR count). The number of thioether (sulfide) groups is 1. The number of nitrogens with one attached hydrogen (secondary N) is 1. The van der Waals surface area contributed by atoms with Gasteiger partial charge in [-0.25, -0.2) is 9.97 Å². The van der Waals surface area contributed by atoms with Gasteiger partial charge in [0, 0.05) is 24.8 Å². The van der Waals surface area contributed by atoms with Crippen LogP contribution < -0.4 is 9.80 Å². The first-order chi connectivity index (χ1) is 14.1. The predicted molar refractivity (Wildman–Crippen MR) is 114 cm³/mol. The molecule has 0 atom stereocenters. The number of carbonyl (C=O) groups excluding carboxylic acids is 1. The lowest BCUT2D eigenvalue weighted by Crippen LogP contribution is -3.12. The monoisotopic (exact) mass is 416 g/mol. The number of anilines is 1. The van der Waals surface area contributed by atoms with E-state index in [1.54, 1.807) is 17.8 Å². The first kappa shape index (κ1) is 20.2. The quantitative estimate of drug-likeness (QED) is 0.569. The molecular formula is C21H30N5O2S+. The van der Waals surface area contributed by atoms with Crippen LogP contribution in [0.15, 0.2) is 27.8 Å². The number of aryl methyl sites for hydroxylation is 1. The molecule has 0 radical (unpaired) electrons. The number of nitrogens with zero attached hydrogens (tertiary/aromatic N) is 4. The van der Waals surface area contributed by atoms with E-state index in [1.807, 2.05) is 11.0 Å². The predicted octanol–water partition coefficient (Wildman–Crippen LogP) is 1.50. The van der Waals surface area contributed by atoms with Crippen LogP contribution in [0.3, 0.4) is 0 Å². The van der Waals surface area contributed by atoms with Crippen molar-refractivity contribution in [3.63, 3.8) is 0 Å². The molecular weight excluding hydrogens is 386 g/mol. The van der Waals surface area contributed by atoms with Crippen LogP contribution in [0.1, 0.15) is 41.8 Å². The molecule has 1 N–H and O–H groups in total. The Bertz CT molecular complexity index is 841. The number of furan rings is 1. The molecule has 2 saturated heterocycles. The summed E-state index contributed by atoms with van der Waals surface area (Å²) in [4.78, 5) is 27.8. The standard InChI is InChI=1S/C21H29N5O2S/c1-3-16-14-19(25-8-4-5-9-25)23-21(22-16)29-15-17-6-7-18(28-17)20(27)26-12-10-24(2)11-13-26/h6-7,14H,3-5,8-13,15H2,1-2H3/p+1. The van der Waals surface area contributed by atoms with Crippen LogP contribution >= 0.6 is 11.8 Å². The van der Waals surface area contributed by atoms with Gasteiger partial charge in [0.15, 0.2) is 10.9 Å². The minimum absolute atomic E-state index is 0.00528. The van der Waals surface area contributed by atoms with Crippen LogP contribution in [0.2, 0.25) is 0 Å². The molecule has 4 heterocycles. The molecule has 2 aliphatic rings. The number of quaternary nitrogens is 1. The Morgan fingerprint density at radius 1 is 1.17 bits per heavy atom. The number of piperazine rings is 1. The summed E-state index contributed by atoms with van der Waals surface area (Å²) in [5.41, 5.74) is 1.07. The second-order valence-corrected chi connectivity index (χ2v) is 8.79. The minimum Gasteiger partial charge on any atom is -0.455 e. The molecule has 2 fully saturated rings. The Morgan fingerprint density at radius 2 is 1.93 bits per heavy atom. The molecule has 156 valence electrons. The smallest absolute Gasteiger partial charge is 0.289 e. The number of rotatable bonds is 6. The van der Waals surface area contributed by atoms with Crippen molar-refractivity contribution < 1.29 is 14.1 Å². The van der Waals surface area contributed by atoms with Crippen LogP contribution in [0.5, 0.6) is 0 Å². The van der Waals surface area contributed by atoms with Crippen molar-refractivity contribution in [1.82, 2.24) is 14.9 Å². The van der Waals surface area contributed by atoms with E-state index in [2.05, 4.69) is 29.9 Å². The zero-order chi connectivity index (χ0) is 20.2. The largest absolute Gasteiger partial charge is 0.455 e. The highest BCUT2D eigenvalue weighted by molar-refractivity contribution is 7.98. The molecule has 2 aromatic rings. The summed E-state index contributed by atoms with van der Waals surface area (Å²) in [5, 5.41) is 0.776. The first-order valence-electron chi connectivity index (χ1n) is 10.6. The Balaban J connectivity index is 1.39. The van der Waals surface area contributed by atoms with Crippen molar-refractivity contribution >= 4 is 23.5 Å². The average molecular weight is 417 g/mol. The van der Waals surface area contributed by atoms with E-state index < -0.39 is 0 Å². The Labute approximate surface area is 176 Å². The van der Waals surface area contributed by atoms with Gasteiger partial charge in [-0.05, 0) is 31.4 Å². The third-order valence-corrected chi connectivity index (χ3v) is 6.53. The zero-order valence-corrected chi connectivity index (χ0v) is 18.1. The number of carbonyl (C=O) groups is 1. The van der Waals surface area contributed by atoms with E-state index in [0.717, 1.165) is 68.1 Å². The van der Waals surface area contributed by atoms with Crippen molar-refractivity contribution in [3.8, 4) is 0 Å². The van der Waals surface area contributed by atoms with Crippen molar-refractivity contribution in [2.75, 3.05) is 51.2 Å². The highest BCUT2D eigenvalue weighted by atomic mass is 32.2. The van der Waals surface area contributed by atoms with Gasteiger partial charge in [0.05, 0.1) is 39.0 Å². The number of likely N-dealkylation sites (N-methyl/N-ethyl adjacent to an activating group) is 1. The van der Waals surface area contributed by atoms with Crippen molar-refractivity contribution in [1.29, 1.82) is 0 Å². The molecule has 0 saturated carbocycles. The average Bonchev–Trinajstić information content (AvgIpc) is 3.44. The maximum absolute atomic E-state index is 12.7. The van der Waals surface area contributed by atoms with Crippen LogP contribution in [0.4, 0.5) is 5.82 Å². The van der Waals surface area contributed by atoms with Gasteiger partial charge in [-0.1, -0.05) is 18.7 Å². The van der Waals surface area contributed by atoms with Crippen LogP contribution in [-0.2, 0) is 12.2 Å². The van der Waals surface area contributed by atoms with Gasteiger partial charge in [-0.2, -0.15) is 0 Å². The summed E-state index contributed by atoms with van der Waals surface area (Å²) >= 11 is 1.57. The topological polar surface area (TPSA) is 66.9 Å². The van der Waals surface area contributed by atoms with Crippen molar-refractivity contribution in [2.45, 2.75) is 37.1 Å². The Morgan fingerprint density at radius 3 is 2.66 bits per heavy atom. The van der Waals surface area contributed by atoms with Gasteiger partial charge in [0.1, 0.15) is 11.6 Å². The summed E-state index contributed by atoms with van der Waals surface area (Å²) in [7, 11) is 2.16. The molecule has 0 spiro atoms. The van der Waals surface area contributed by atoms with E-state index in [9.17, 15) is 4.79 Å². The van der Waals surface area contributed by atoms with Crippen LogP contribution in [0.25, 0.3) is 0 Å². The molecule has 1 amide bonds. The third-order valence-electron chi connectivity index (χ3n) is 5.66. The lowest BCUT2D eigenvalue weighted by molar-refractivity contribution is -0.883. The van der Waals surface area contributed by atoms with Crippen LogP contribution in [0, 0.1) is 0 Å². The molecule has 0 aromatic carbocycles. The highest BCUT2D eigenvalue weighted by Gasteiger charge is 2.24. The van der Waals surface area contributed by atoms with Gasteiger partial charge in [0.25, 0.3) is 5.91 Å². The lowest BCUT2D eigenvalue weighted by Gasteiger charge is -2.29. The summed E-state index contributed by atoms with van der Waals surface area (Å²) in [6, 6.07) is 5.80. The van der Waals surface area contributed by atoms with Gasteiger partial charge < -0.3 is 19.1 Å². The van der Waals surface area contributed by atoms with E-state index in [-0.39, 0.29) is 5.91 Å². The van der Waals surface area contributed by atoms with Crippen molar-refractivity contribution in [3.05, 3.63) is 35.4 Å². The number of hydrogen-bond donors (Lipinski definition) is 1. The molecule has 2 aliphatic heterocycles. The van der Waals surface area contributed by atoms with Gasteiger partial charge >= 0.3 is 0 Å². The minimum atomic E-state index is -0.00528. The normalized spacial score (nSPS) is 17.9. The molecule has 7 nitrogen and oxygen atoms in total. The fourth-order valence-electron chi connectivity index (χ4n) is 3.77. The number of hydrogen-bond acceptors (Lipinski definition) is 6. The number of aromatic nitrogens is 2. The Kier molecular flexibility index (Phi) is 6.40. The lowest BCUT2D eigenvalue weighted by atomic mass is 10.3.